The Kier molecular flexibility index (Phi) is 6.75. The molecule has 0 bridgehead atoms. The summed E-state index contributed by atoms with van der Waals surface area (Å²) < 4.78 is 37.7. The van der Waals surface area contributed by atoms with E-state index in [1.165, 1.54) is 28.8 Å². The molecule has 0 amide bonds. The van der Waals surface area contributed by atoms with Gasteiger partial charge in [-0.25, -0.2) is 17.1 Å². The summed E-state index contributed by atoms with van der Waals surface area (Å²) in [6.45, 7) is 3.55. The van der Waals surface area contributed by atoms with E-state index in [0.29, 0.717) is 43.7 Å². The minimum absolute atomic E-state index is 0.312. The molecular weight excluding hydrogens is 293 g/mol. The third kappa shape index (κ3) is 5.79. The van der Waals surface area contributed by atoms with Crippen LogP contribution in [0.3, 0.4) is 0 Å². The summed E-state index contributed by atoms with van der Waals surface area (Å²) in [6.07, 6.45) is 1.83. The molecule has 0 aliphatic carbocycles. The molecule has 1 aromatic rings. The molecule has 21 heavy (non-hydrogen) atoms. The Morgan fingerprint density at radius 1 is 1.43 bits per heavy atom. The van der Waals surface area contributed by atoms with Gasteiger partial charge >= 0.3 is 0 Å². The lowest BCUT2D eigenvalue weighted by Crippen LogP contribution is -2.32. The SMILES string of the molecule is CCN(CCCNCc1cc(C#N)ccc1F)S(C)(=O)=O. The van der Waals surface area contributed by atoms with Crippen molar-refractivity contribution in [1.82, 2.24) is 9.62 Å². The average Bonchev–Trinajstić information content (AvgIpc) is 2.43. The molecular formula is C14H20FN3O2S. The molecule has 0 aromatic heterocycles. The molecule has 1 rings (SSSR count). The van der Waals surface area contributed by atoms with E-state index in [9.17, 15) is 12.8 Å². The molecule has 0 unspecified atom stereocenters. The van der Waals surface area contributed by atoms with Gasteiger partial charge in [-0.05, 0) is 31.2 Å². The van der Waals surface area contributed by atoms with Crippen LogP contribution in [0.5, 0.6) is 0 Å². The van der Waals surface area contributed by atoms with Gasteiger partial charge in [0.05, 0.1) is 17.9 Å². The third-order valence-corrected chi connectivity index (χ3v) is 4.45. The van der Waals surface area contributed by atoms with Gasteiger partial charge in [0.15, 0.2) is 0 Å². The van der Waals surface area contributed by atoms with Crippen LogP contribution in [0, 0.1) is 17.1 Å². The summed E-state index contributed by atoms with van der Waals surface area (Å²) in [5, 5.41) is 11.8. The van der Waals surface area contributed by atoms with Crippen molar-refractivity contribution in [2.75, 3.05) is 25.9 Å². The van der Waals surface area contributed by atoms with E-state index in [4.69, 9.17) is 5.26 Å². The van der Waals surface area contributed by atoms with Gasteiger partial charge in [0.1, 0.15) is 5.82 Å². The lowest BCUT2D eigenvalue weighted by atomic mass is 10.1. The topological polar surface area (TPSA) is 73.2 Å². The molecule has 0 saturated carbocycles. The quantitative estimate of drug-likeness (QED) is 0.737. The molecule has 1 aromatic carbocycles. The van der Waals surface area contributed by atoms with Crippen LogP contribution in [0.25, 0.3) is 0 Å². The summed E-state index contributed by atoms with van der Waals surface area (Å²) in [5.74, 6) is -0.354. The van der Waals surface area contributed by atoms with Crippen molar-refractivity contribution in [3.63, 3.8) is 0 Å². The highest BCUT2D eigenvalue weighted by Crippen LogP contribution is 2.09. The largest absolute Gasteiger partial charge is 0.313 e. The first kappa shape index (κ1) is 17.6. The Labute approximate surface area is 125 Å². The van der Waals surface area contributed by atoms with Gasteiger partial charge in [0.2, 0.25) is 10.0 Å². The second-order valence-corrected chi connectivity index (χ2v) is 6.69. The predicted octanol–water partition coefficient (Wildman–Crippen LogP) is 1.46. The smallest absolute Gasteiger partial charge is 0.211 e. The maximum Gasteiger partial charge on any atom is 0.211 e. The third-order valence-electron chi connectivity index (χ3n) is 3.07. The van der Waals surface area contributed by atoms with Crippen molar-refractivity contribution in [1.29, 1.82) is 5.26 Å². The number of benzene rings is 1. The van der Waals surface area contributed by atoms with Crippen LogP contribution >= 0.6 is 0 Å². The maximum absolute atomic E-state index is 13.5. The molecule has 0 fully saturated rings. The second-order valence-electron chi connectivity index (χ2n) is 4.70. The molecule has 0 saturated heterocycles. The highest BCUT2D eigenvalue weighted by Gasteiger charge is 2.13. The van der Waals surface area contributed by atoms with Crippen molar-refractivity contribution in [3.05, 3.63) is 35.1 Å². The fraction of sp³-hybridized carbons (Fsp3) is 0.500. The Morgan fingerprint density at radius 2 is 2.14 bits per heavy atom. The summed E-state index contributed by atoms with van der Waals surface area (Å²) in [7, 11) is -3.16. The van der Waals surface area contributed by atoms with Crippen molar-refractivity contribution in [3.8, 4) is 6.07 Å². The van der Waals surface area contributed by atoms with Crippen molar-refractivity contribution in [2.24, 2.45) is 0 Å². The molecule has 7 heteroatoms. The van der Waals surface area contributed by atoms with Gasteiger partial charge < -0.3 is 5.32 Å². The van der Waals surface area contributed by atoms with Crippen LogP contribution in [0.1, 0.15) is 24.5 Å². The van der Waals surface area contributed by atoms with E-state index in [0.717, 1.165) is 0 Å². The van der Waals surface area contributed by atoms with E-state index < -0.39 is 10.0 Å². The monoisotopic (exact) mass is 313 g/mol. The molecule has 0 aliphatic heterocycles. The van der Waals surface area contributed by atoms with Crippen LogP contribution in [-0.2, 0) is 16.6 Å². The molecule has 0 atom stereocenters. The lowest BCUT2D eigenvalue weighted by molar-refractivity contribution is 0.418. The Morgan fingerprint density at radius 3 is 2.71 bits per heavy atom. The number of nitrogens with one attached hydrogen (secondary N) is 1. The molecule has 0 spiro atoms. The normalized spacial score (nSPS) is 11.6. The summed E-state index contributed by atoms with van der Waals surface area (Å²) in [5.41, 5.74) is 0.854. The Balaban J connectivity index is 2.40. The van der Waals surface area contributed by atoms with Crippen molar-refractivity contribution < 1.29 is 12.8 Å². The van der Waals surface area contributed by atoms with E-state index in [1.807, 2.05) is 6.07 Å². The molecule has 0 aliphatic rings. The van der Waals surface area contributed by atoms with Gasteiger partial charge in [-0.15, -0.1) is 0 Å². The summed E-state index contributed by atoms with van der Waals surface area (Å²) in [4.78, 5) is 0. The zero-order valence-corrected chi connectivity index (χ0v) is 13.1. The summed E-state index contributed by atoms with van der Waals surface area (Å²) in [6, 6.07) is 6.19. The van der Waals surface area contributed by atoms with Crippen LogP contribution < -0.4 is 5.32 Å². The van der Waals surface area contributed by atoms with Gasteiger partial charge in [0, 0.05) is 25.2 Å². The maximum atomic E-state index is 13.5. The fourth-order valence-corrected chi connectivity index (χ4v) is 2.87. The van der Waals surface area contributed by atoms with Crippen molar-refractivity contribution in [2.45, 2.75) is 19.9 Å². The van der Waals surface area contributed by atoms with Gasteiger partial charge in [0.25, 0.3) is 0 Å². The minimum Gasteiger partial charge on any atom is -0.313 e. The lowest BCUT2D eigenvalue weighted by Gasteiger charge is -2.17. The number of hydrogen-bond donors (Lipinski definition) is 1. The number of hydrogen-bond acceptors (Lipinski definition) is 4. The molecule has 0 radical (unpaired) electrons. The van der Waals surface area contributed by atoms with Crippen LogP contribution in [0.15, 0.2) is 18.2 Å². The molecule has 0 heterocycles. The van der Waals surface area contributed by atoms with Gasteiger partial charge in [-0.2, -0.15) is 5.26 Å². The first-order valence-corrected chi connectivity index (χ1v) is 8.57. The number of sulfonamides is 1. The van der Waals surface area contributed by atoms with E-state index in [1.54, 1.807) is 6.92 Å². The first-order chi connectivity index (χ1) is 9.88. The van der Waals surface area contributed by atoms with Gasteiger partial charge in [-0.3, -0.25) is 0 Å². The predicted molar refractivity (Wildman–Crippen MR) is 79.5 cm³/mol. The average molecular weight is 313 g/mol. The standard InChI is InChI=1S/C14H20FN3O2S/c1-3-18(21(2,19)20)8-4-7-17-11-13-9-12(10-16)5-6-14(13)15/h5-6,9,17H,3-4,7-8,11H2,1-2H3. The Bertz CT molecular complexity index is 611. The summed E-state index contributed by atoms with van der Waals surface area (Å²) >= 11 is 0. The van der Waals surface area contributed by atoms with Crippen LogP contribution in [0.2, 0.25) is 0 Å². The Hall–Kier alpha value is -1.49. The highest BCUT2D eigenvalue weighted by atomic mass is 32.2. The second kappa shape index (κ2) is 8.08. The minimum atomic E-state index is -3.16. The molecule has 116 valence electrons. The van der Waals surface area contributed by atoms with E-state index in [-0.39, 0.29) is 5.82 Å². The fourth-order valence-electron chi connectivity index (χ4n) is 1.94. The van der Waals surface area contributed by atoms with Gasteiger partial charge in [-0.1, -0.05) is 6.92 Å². The number of rotatable bonds is 8. The zero-order valence-electron chi connectivity index (χ0n) is 12.3. The zero-order chi connectivity index (χ0) is 15.9. The van der Waals surface area contributed by atoms with Crippen LogP contribution in [-0.4, -0.2) is 38.6 Å². The first-order valence-electron chi connectivity index (χ1n) is 6.73. The van der Waals surface area contributed by atoms with E-state index in [2.05, 4.69) is 5.32 Å². The molecule has 1 N–H and O–H groups in total. The number of halogens is 1. The van der Waals surface area contributed by atoms with Crippen LogP contribution in [0.4, 0.5) is 4.39 Å². The molecule has 5 nitrogen and oxygen atoms in total. The van der Waals surface area contributed by atoms with Crippen molar-refractivity contribution >= 4 is 10.0 Å². The highest BCUT2D eigenvalue weighted by molar-refractivity contribution is 7.88. The number of nitrogens with zero attached hydrogens (tertiary/aromatic N) is 2. The number of nitriles is 1. The van der Waals surface area contributed by atoms with E-state index >= 15 is 0 Å².